The van der Waals surface area contributed by atoms with E-state index in [0.717, 1.165) is 25.2 Å². The molecule has 0 aromatic heterocycles. The minimum atomic E-state index is 0. The lowest BCUT2D eigenvalue weighted by molar-refractivity contribution is -0.124. The third-order valence-electron chi connectivity index (χ3n) is 4.67. The largest absolute Gasteiger partial charge is 0.354 e. The van der Waals surface area contributed by atoms with E-state index < -0.39 is 0 Å². The lowest BCUT2D eigenvalue weighted by Crippen LogP contribution is -2.41. The molecule has 2 aliphatic carbocycles. The molecule has 0 bridgehead atoms. The topological polar surface area (TPSA) is 55.1 Å². The van der Waals surface area contributed by atoms with Crippen LogP contribution in [0.1, 0.15) is 64.7 Å². The van der Waals surface area contributed by atoms with Gasteiger partial charge in [0.15, 0.2) is 0 Å². The summed E-state index contributed by atoms with van der Waals surface area (Å²) in [7, 11) is 0. The minimum absolute atomic E-state index is 0. The van der Waals surface area contributed by atoms with Crippen molar-refractivity contribution in [3.05, 3.63) is 0 Å². The van der Waals surface area contributed by atoms with Crippen LogP contribution < -0.4 is 11.1 Å². The van der Waals surface area contributed by atoms with Crippen molar-refractivity contribution in [3.63, 3.8) is 0 Å². The lowest BCUT2D eigenvalue weighted by atomic mass is 9.71. The summed E-state index contributed by atoms with van der Waals surface area (Å²) in [6.45, 7) is 2.80. The van der Waals surface area contributed by atoms with Gasteiger partial charge in [-0.3, -0.25) is 4.79 Å². The molecule has 19 heavy (non-hydrogen) atoms. The van der Waals surface area contributed by atoms with Crippen molar-refractivity contribution >= 4 is 18.3 Å². The van der Waals surface area contributed by atoms with E-state index in [2.05, 4.69) is 12.2 Å². The van der Waals surface area contributed by atoms with Crippen molar-refractivity contribution < 1.29 is 4.79 Å². The van der Waals surface area contributed by atoms with Gasteiger partial charge in [-0.15, -0.1) is 12.4 Å². The van der Waals surface area contributed by atoms with E-state index >= 15 is 0 Å². The lowest BCUT2D eigenvalue weighted by Gasteiger charge is -2.36. The Kier molecular flexibility index (Phi) is 6.61. The summed E-state index contributed by atoms with van der Waals surface area (Å²) in [5.74, 6) is 1.09. The number of halogens is 1. The Morgan fingerprint density at radius 1 is 1.32 bits per heavy atom. The first kappa shape index (κ1) is 16.8. The van der Waals surface area contributed by atoms with Gasteiger partial charge >= 0.3 is 0 Å². The molecule has 2 rings (SSSR count). The van der Waals surface area contributed by atoms with Gasteiger partial charge in [0.05, 0.1) is 0 Å². The molecule has 0 saturated heterocycles. The van der Waals surface area contributed by atoms with Crippen LogP contribution in [0, 0.1) is 11.3 Å². The molecular formula is C15H29ClN2O. The maximum atomic E-state index is 12.1. The Bertz CT molecular complexity index is 286. The van der Waals surface area contributed by atoms with Gasteiger partial charge in [-0.05, 0) is 44.1 Å². The maximum absolute atomic E-state index is 12.1. The van der Waals surface area contributed by atoms with Crippen LogP contribution in [0.15, 0.2) is 0 Å². The maximum Gasteiger partial charge on any atom is 0.220 e. The monoisotopic (exact) mass is 288 g/mol. The minimum Gasteiger partial charge on any atom is -0.354 e. The number of hydrogen-bond donors (Lipinski definition) is 2. The van der Waals surface area contributed by atoms with Crippen molar-refractivity contribution in [2.45, 2.75) is 70.8 Å². The fraction of sp³-hybridized carbons (Fsp3) is 0.933. The number of nitrogens with two attached hydrogens (primary N) is 1. The van der Waals surface area contributed by atoms with Crippen molar-refractivity contribution in [2.24, 2.45) is 17.1 Å². The van der Waals surface area contributed by atoms with Gasteiger partial charge in [0.2, 0.25) is 5.91 Å². The molecule has 0 spiro atoms. The van der Waals surface area contributed by atoms with Gasteiger partial charge in [0.25, 0.3) is 0 Å². The summed E-state index contributed by atoms with van der Waals surface area (Å²) in [5, 5.41) is 3.16. The van der Waals surface area contributed by atoms with E-state index in [4.69, 9.17) is 5.73 Å². The summed E-state index contributed by atoms with van der Waals surface area (Å²) in [5.41, 5.74) is 6.03. The number of nitrogens with one attached hydrogen (secondary N) is 1. The fourth-order valence-electron chi connectivity index (χ4n) is 3.33. The predicted molar refractivity (Wildman–Crippen MR) is 81.4 cm³/mol. The highest BCUT2D eigenvalue weighted by atomic mass is 35.5. The molecule has 0 aromatic carbocycles. The molecule has 0 heterocycles. The molecular weight excluding hydrogens is 260 g/mol. The van der Waals surface area contributed by atoms with Crippen LogP contribution in [-0.4, -0.2) is 18.5 Å². The van der Waals surface area contributed by atoms with Crippen molar-refractivity contribution in [3.8, 4) is 0 Å². The highest BCUT2D eigenvalue weighted by Gasteiger charge is 2.33. The van der Waals surface area contributed by atoms with Crippen LogP contribution in [0.3, 0.4) is 0 Å². The molecule has 112 valence electrons. The third-order valence-corrected chi connectivity index (χ3v) is 4.67. The van der Waals surface area contributed by atoms with Gasteiger partial charge in [0, 0.05) is 12.5 Å². The van der Waals surface area contributed by atoms with Gasteiger partial charge in [-0.1, -0.05) is 32.1 Å². The third kappa shape index (κ3) is 5.31. The summed E-state index contributed by atoms with van der Waals surface area (Å²) >= 11 is 0. The van der Waals surface area contributed by atoms with Crippen LogP contribution >= 0.6 is 12.4 Å². The normalized spacial score (nSPS) is 23.3. The number of amides is 1. The Labute approximate surface area is 123 Å². The van der Waals surface area contributed by atoms with E-state index in [1.807, 2.05) is 0 Å². The predicted octanol–water partition coefficient (Wildman–Crippen LogP) is 3.01. The summed E-state index contributed by atoms with van der Waals surface area (Å²) in [6, 6.07) is 0.336. The Morgan fingerprint density at radius 2 is 1.95 bits per heavy atom. The van der Waals surface area contributed by atoms with E-state index in [-0.39, 0.29) is 23.7 Å². The molecule has 3 nitrogen and oxygen atoms in total. The van der Waals surface area contributed by atoms with Gasteiger partial charge in [0.1, 0.15) is 0 Å². The molecule has 0 aliphatic heterocycles. The first-order chi connectivity index (χ1) is 8.63. The van der Waals surface area contributed by atoms with Crippen LogP contribution in [0.4, 0.5) is 0 Å². The second-order valence-corrected chi connectivity index (χ2v) is 6.59. The summed E-state index contributed by atoms with van der Waals surface area (Å²) < 4.78 is 0. The number of hydrogen-bond acceptors (Lipinski definition) is 2. The smallest absolute Gasteiger partial charge is 0.220 e. The first-order valence-corrected chi connectivity index (χ1v) is 7.63. The quantitative estimate of drug-likeness (QED) is 0.789. The first-order valence-electron chi connectivity index (χ1n) is 7.63. The van der Waals surface area contributed by atoms with E-state index in [0.29, 0.717) is 19.0 Å². The zero-order valence-corrected chi connectivity index (χ0v) is 12.9. The average molecular weight is 289 g/mol. The molecule has 1 atom stereocenters. The van der Waals surface area contributed by atoms with Crippen LogP contribution in [0.5, 0.6) is 0 Å². The highest BCUT2D eigenvalue weighted by molar-refractivity contribution is 5.85. The van der Waals surface area contributed by atoms with Gasteiger partial charge in [-0.25, -0.2) is 0 Å². The second-order valence-electron chi connectivity index (χ2n) is 6.59. The SMILES string of the molecule is CC(CC1CC1)NC(=O)CC1(CN)CCCCC1.Cl. The standard InChI is InChI=1S/C15H28N2O.ClH/c1-12(9-13-5-6-13)17-14(18)10-15(11-16)7-3-2-4-8-15;/h12-13H,2-11,16H2,1H3,(H,17,18);1H. The number of carbonyl (C=O) groups is 1. The average Bonchev–Trinajstić information content (AvgIpc) is 3.13. The van der Waals surface area contributed by atoms with E-state index in [1.54, 1.807) is 0 Å². The van der Waals surface area contributed by atoms with Gasteiger partial charge in [-0.2, -0.15) is 0 Å². The molecule has 2 aliphatic rings. The van der Waals surface area contributed by atoms with Crippen molar-refractivity contribution in [2.75, 3.05) is 6.54 Å². The Hall–Kier alpha value is -0.280. The molecule has 1 amide bonds. The van der Waals surface area contributed by atoms with Gasteiger partial charge < -0.3 is 11.1 Å². The molecule has 3 N–H and O–H groups in total. The zero-order valence-electron chi connectivity index (χ0n) is 12.1. The molecule has 0 radical (unpaired) electrons. The van der Waals surface area contributed by atoms with Crippen molar-refractivity contribution in [1.29, 1.82) is 0 Å². The van der Waals surface area contributed by atoms with E-state index in [1.165, 1.54) is 32.1 Å². The summed E-state index contributed by atoms with van der Waals surface area (Å²) in [6.07, 6.45) is 10.5. The van der Waals surface area contributed by atoms with Crippen molar-refractivity contribution in [1.82, 2.24) is 5.32 Å². The van der Waals surface area contributed by atoms with Crippen LogP contribution in [-0.2, 0) is 4.79 Å². The Balaban J connectivity index is 0.00000180. The zero-order chi connectivity index (χ0) is 13.0. The Morgan fingerprint density at radius 3 is 2.47 bits per heavy atom. The fourth-order valence-corrected chi connectivity index (χ4v) is 3.33. The highest BCUT2D eigenvalue weighted by Crippen LogP contribution is 2.38. The summed E-state index contributed by atoms with van der Waals surface area (Å²) in [4.78, 5) is 12.1. The second kappa shape index (κ2) is 7.49. The number of rotatable bonds is 6. The molecule has 2 saturated carbocycles. The molecule has 0 aromatic rings. The van der Waals surface area contributed by atoms with Crippen LogP contribution in [0.2, 0.25) is 0 Å². The molecule has 1 unspecified atom stereocenters. The molecule has 2 fully saturated rings. The van der Waals surface area contributed by atoms with E-state index in [9.17, 15) is 4.79 Å². The number of carbonyl (C=O) groups excluding carboxylic acids is 1. The van der Waals surface area contributed by atoms with Crippen LogP contribution in [0.25, 0.3) is 0 Å². The molecule has 4 heteroatoms.